The Morgan fingerprint density at radius 3 is 2.16 bits per heavy atom. The van der Waals surface area contributed by atoms with E-state index in [-0.39, 0.29) is 10.5 Å². The van der Waals surface area contributed by atoms with Gasteiger partial charge in [-0.05, 0) is 36.8 Å². The highest BCUT2D eigenvalue weighted by atomic mass is 32.2. The summed E-state index contributed by atoms with van der Waals surface area (Å²) in [6.07, 6.45) is -2.62. The molecule has 1 atom stereocenters. The van der Waals surface area contributed by atoms with E-state index in [0.29, 0.717) is 5.56 Å². The summed E-state index contributed by atoms with van der Waals surface area (Å²) in [7, 11) is -3.32. The van der Waals surface area contributed by atoms with Crippen molar-refractivity contribution in [3.63, 3.8) is 0 Å². The number of aromatic nitrogens is 1. The molecule has 0 fully saturated rings. The Bertz CT molecular complexity index is 861. The number of nitrogens with zero attached hydrogens (tertiary/aromatic N) is 1. The van der Waals surface area contributed by atoms with Crippen LogP contribution in [0.2, 0.25) is 0 Å². The predicted molar refractivity (Wildman–Crippen MR) is 84.7 cm³/mol. The average molecular weight is 372 g/mol. The molecule has 1 heterocycles. The van der Waals surface area contributed by atoms with E-state index in [4.69, 9.17) is 0 Å². The number of pyridine rings is 1. The van der Waals surface area contributed by atoms with Crippen molar-refractivity contribution in [2.45, 2.75) is 24.0 Å². The Morgan fingerprint density at radius 2 is 1.72 bits per heavy atom. The average Bonchev–Trinajstić information content (AvgIpc) is 2.53. The number of carbonyl (C=O) groups is 1. The van der Waals surface area contributed by atoms with E-state index in [1.54, 1.807) is 19.1 Å². The summed E-state index contributed by atoms with van der Waals surface area (Å²) in [5, 5.41) is 2.62. The van der Waals surface area contributed by atoms with Gasteiger partial charge in [0, 0.05) is 12.5 Å². The molecule has 0 aliphatic carbocycles. The summed E-state index contributed by atoms with van der Waals surface area (Å²) in [5.74, 6) is -0.582. The van der Waals surface area contributed by atoms with Crippen LogP contribution in [0.4, 0.5) is 13.2 Å². The molecule has 2 rings (SSSR count). The molecule has 1 unspecified atom stereocenters. The lowest BCUT2D eigenvalue weighted by Gasteiger charge is -2.15. The molecule has 5 nitrogen and oxygen atoms in total. The maximum atomic E-state index is 12.5. The minimum atomic E-state index is -4.57. The maximum absolute atomic E-state index is 12.5. The molecule has 0 radical (unpaired) electrons. The van der Waals surface area contributed by atoms with Crippen LogP contribution < -0.4 is 5.32 Å². The Morgan fingerprint density at radius 1 is 1.12 bits per heavy atom. The summed E-state index contributed by atoms with van der Waals surface area (Å²) in [6.45, 7) is 1.67. The van der Waals surface area contributed by atoms with Crippen molar-refractivity contribution in [1.29, 1.82) is 0 Å². The molecule has 0 spiro atoms. The molecule has 25 heavy (non-hydrogen) atoms. The van der Waals surface area contributed by atoms with Crippen LogP contribution in [0, 0.1) is 0 Å². The number of nitrogens with one attached hydrogen (secondary N) is 1. The lowest BCUT2D eigenvalue weighted by Crippen LogP contribution is -2.27. The molecule has 1 N–H and O–H groups in total. The number of amides is 1. The van der Waals surface area contributed by atoms with Crippen molar-refractivity contribution in [2.24, 2.45) is 0 Å². The second-order valence-corrected chi connectivity index (χ2v) is 7.48. The van der Waals surface area contributed by atoms with Crippen molar-refractivity contribution in [3.8, 4) is 0 Å². The molecule has 2 aromatic rings. The van der Waals surface area contributed by atoms with Crippen molar-refractivity contribution >= 4 is 15.7 Å². The molecule has 0 saturated carbocycles. The quantitative estimate of drug-likeness (QED) is 0.895. The minimum Gasteiger partial charge on any atom is -0.345 e. The molecular weight excluding hydrogens is 357 g/mol. The molecule has 0 saturated heterocycles. The van der Waals surface area contributed by atoms with Gasteiger partial charge in [-0.1, -0.05) is 12.1 Å². The van der Waals surface area contributed by atoms with Gasteiger partial charge in [0.05, 0.1) is 16.5 Å². The Balaban J connectivity index is 2.09. The van der Waals surface area contributed by atoms with Gasteiger partial charge in [0.25, 0.3) is 5.91 Å². The van der Waals surface area contributed by atoms with Crippen LogP contribution in [0.1, 0.15) is 34.6 Å². The van der Waals surface area contributed by atoms with Gasteiger partial charge >= 0.3 is 6.18 Å². The topological polar surface area (TPSA) is 76.1 Å². The zero-order valence-electron chi connectivity index (χ0n) is 13.3. The number of hydrogen-bond acceptors (Lipinski definition) is 4. The predicted octanol–water partition coefficient (Wildman–Crippen LogP) is 2.99. The molecular formula is C16H15F3N2O3S. The molecule has 134 valence electrons. The second kappa shape index (κ2) is 6.83. The summed E-state index contributed by atoms with van der Waals surface area (Å²) < 4.78 is 60.2. The standard InChI is InChI=1S/C16H15F3N2O3S/c1-10(11-3-6-13(7-4-11)25(2,23)24)21-15(22)12-5-8-14(20-9-12)16(17,18)19/h3-10H,1-2H3,(H,21,22). The first-order chi connectivity index (χ1) is 11.5. The van der Waals surface area contributed by atoms with E-state index in [9.17, 15) is 26.4 Å². The number of halogens is 3. The van der Waals surface area contributed by atoms with Crippen LogP contribution in [0.5, 0.6) is 0 Å². The van der Waals surface area contributed by atoms with E-state index in [0.717, 1.165) is 24.6 Å². The number of benzene rings is 1. The van der Waals surface area contributed by atoms with Gasteiger partial charge in [-0.15, -0.1) is 0 Å². The zero-order valence-corrected chi connectivity index (χ0v) is 14.1. The summed E-state index contributed by atoms with van der Waals surface area (Å²) >= 11 is 0. The number of hydrogen-bond donors (Lipinski definition) is 1. The molecule has 1 amide bonds. The summed E-state index contributed by atoms with van der Waals surface area (Å²) in [6, 6.07) is 7.28. The summed E-state index contributed by atoms with van der Waals surface area (Å²) in [4.78, 5) is 15.5. The lowest BCUT2D eigenvalue weighted by atomic mass is 10.1. The lowest BCUT2D eigenvalue weighted by molar-refractivity contribution is -0.141. The van der Waals surface area contributed by atoms with E-state index in [1.807, 2.05) is 0 Å². The van der Waals surface area contributed by atoms with Crippen molar-refractivity contribution < 1.29 is 26.4 Å². The number of sulfone groups is 1. The molecule has 0 aliphatic heterocycles. The SMILES string of the molecule is CC(NC(=O)c1ccc(C(F)(F)F)nc1)c1ccc(S(C)(=O)=O)cc1. The first-order valence-corrected chi connectivity index (χ1v) is 9.02. The number of carbonyl (C=O) groups excluding carboxylic acids is 1. The largest absolute Gasteiger partial charge is 0.433 e. The Kier molecular flexibility index (Phi) is 5.17. The highest BCUT2D eigenvalue weighted by molar-refractivity contribution is 7.90. The molecule has 1 aromatic carbocycles. The third-order valence-corrected chi connectivity index (χ3v) is 4.60. The second-order valence-electron chi connectivity index (χ2n) is 5.47. The highest BCUT2D eigenvalue weighted by Gasteiger charge is 2.32. The fraction of sp³-hybridized carbons (Fsp3) is 0.250. The van der Waals surface area contributed by atoms with Crippen molar-refractivity contribution in [1.82, 2.24) is 10.3 Å². The van der Waals surface area contributed by atoms with Gasteiger partial charge in [0.2, 0.25) is 0 Å². The molecule has 9 heteroatoms. The van der Waals surface area contributed by atoms with Gasteiger partial charge in [-0.2, -0.15) is 13.2 Å². The zero-order chi connectivity index (χ0) is 18.8. The first-order valence-electron chi connectivity index (χ1n) is 7.12. The molecule has 0 bridgehead atoms. The van der Waals surface area contributed by atoms with Crippen molar-refractivity contribution in [2.75, 3.05) is 6.26 Å². The number of alkyl halides is 3. The molecule has 0 aliphatic rings. The van der Waals surface area contributed by atoms with Crippen molar-refractivity contribution in [3.05, 3.63) is 59.4 Å². The third-order valence-electron chi connectivity index (χ3n) is 3.47. The third kappa shape index (κ3) is 4.79. The van der Waals surface area contributed by atoms with E-state index >= 15 is 0 Å². The Hall–Kier alpha value is -2.42. The van der Waals surface area contributed by atoms with Crippen LogP contribution in [0.3, 0.4) is 0 Å². The van der Waals surface area contributed by atoms with Crippen LogP contribution in [0.25, 0.3) is 0 Å². The maximum Gasteiger partial charge on any atom is 0.433 e. The normalized spacial score (nSPS) is 13.3. The van der Waals surface area contributed by atoms with Crippen LogP contribution in [-0.4, -0.2) is 25.6 Å². The monoisotopic (exact) mass is 372 g/mol. The van der Waals surface area contributed by atoms with Gasteiger partial charge in [0.15, 0.2) is 9.84 Å². The van der Waals surface area contributed by atoms with Crippen LogP contribution in [-0.2, 0) is 16.0 Å². The fourth-order valence-electron chi connectivity index (χ4n) is 2.06. The van der Waals surface area contributed by atoms with Gasteiger partial charge < -0.3 is 5.32 Å². The minimum absolute atomic E-state index is 0.00685. The van der Waals surface area contributed by atoms with Gasteiger partial charge in [-0.3, -0.25) is 9.78 Å². The van der Waals surface area contributed by atoms with E-state index in [1.165, 1.54) is 12.1 Å². The summed E-state index contributed by atoms with van der Waals surface area (Å²) in [5.41, 5.74) is -0.429. The van der Waals surface area contributed by atoms with E-state index < -0.39 is 33.7 Å². The Labute approximate surface area is 142 Å². The smallest absolute Gasteiger partial charge is 0.345 e. The molecule has 1 aromatic heterocycles. The van der Waals surface area contributed by atoms with Gasteiger partial charge in [0.1, 0.15) is 5.69 Å². The van der Waals surface area contributed by atoms with E-state index in [2.05, 4.69) is 10.3 Å². The van der Waals surface area contributed by atoms with Gasteiger partial charge in [-0.25, -0.2) is 8.42 Å². The fourth-order valence-corrected chi connectivity index (χ4v) is 2.69. The highest BCUT2D eigenvalue weighted by Crippen LogP contribution is 2.27. The first kappa shape index (κ1) is 18.9. The van der Waals surface area contributed by atoms with Crippen LogP contribution in [0.15, 0.2) is 47.5 Å². The number of rotatable bonds is 4. The van der Waals surface area contributed by atoms with Crippen LogP contribution >= 0.6 is 0 Å².